The molecule has 2 N–H and O–H groups in total. The number of nitrogens with one attached hydrogen (secondary N) is 1. The van der Waals surface area contributed by atoms with Crippen molar-refractivity contribution in [2.75, 3.05) is 11.9 Å². The van der Waals surface area contributed by atoms with Crippen molar-refractivity contribution in [3.05, 3.63) is 35.5 Å². The van der Waals surface area contributed by atoms with Crippen molar-refractivity contribution in [2.45, 2.75) is 56.7 Å². The van der Waals surface area contributed by atoms with E-state index in [9.17, 15) is 5.11 Å². The lowest BCUT2D eigenvalue weighted by molar-refractivity contribution is 0.207. The fourth-order valence-corrected chi connectivity index (χ4v) is 5.86. The highest BCUT2D eigenvalue weighted by molar-refractivity contribution is 7.15. The number of nitriles is 1. The molecule has 2 bridgehead atoms. The van der Waals surface area contributed by atoms with Gasteiger partial charge in [0.1, 0.15) is 21.7 Å². The second-order valence-corrected chi connectivity index (χ2v) is 10.5. The first kappa shape index (κ1) is 20.8. The second kappa shape index (κ2) is 7.50. The Morgan fingerprint density at radius 3 is 2.50 bits per heavy atom. The number of hydrogen-bond acceptors (Lipinski definition) is 9. The van der Waals surface area contributed by atoms with Crippen LogP contribution in [0.2, 0.25) is 0 Å². The predicted octanol–water partition coefficient (Wildman–Crippen LogP) is 3.74. The third kappa shape index (κ3) is 3.70. The number of piperidine rings is 1. The molecule has 5 rings (SSSR count). The standard InChI is InChI=1S/C23H25N7OS/c1-22-6-7-23(2,29-22)10-15(9-22)30(3)19-13-25-20(28-27-19)17-5-4-14(8-18(17)31)21-26-12-16(11-24)32-21/h4-5,8,12-13,15,29,31H,6-7,9-10H2,1-3H3/t15?,22-,23+. The third-order valence-electron chi connectivity index (χ3n) is 6.76. The summed E-state index contributed by atoms with van der Waals surface area (Å²) in [6.07, 6.45) is 7.78. The summed E-state index contributed by atoms with van der Waals surface area (Å²) in [5.74, 6) is 1.15. The lowest BCUT2D eigenvalue weighted by Gasteiger charge is -2.45. The second-order valence-electron chi connectivity index (χ2n) is 9.43. The molecule has 1 aromatic carbocycles. The summed E-state index contributed by atoms with van der Waals surface area (Å²) >= 11 is 1.28. The van der Waals surface area contributed by atoms with E-state index in [4.69, 9.17) is 5.26 Å². The minimum absolute atomic E-state index is 0.0508. The van der Waals surface area contributed by atoms with Crippen molar-refractivity contribution in [3.8, 4) is 33.8 Å². The smallest absolute Gasteiger partial charge is 0.185 e. The Kier molecular flexibility index (Phi) is 4.87. The molecule has 2 aliphatic heterocycles. The number of fused-ring (bicyclic) bond motifs is 2. The number of phenols is 1. The third-order valence-corrected chi connectivity index (χ3v) is 7.72. The van der Waals surface area contributed by atoms with Crippen LogP contribution in [0.4, 0.5) is 5.82 Å². The number of hydrogen-bond donors (Lipinski definition) is 2. The molecule has 2 aliphatic rings. The first-order chi connectivity index (χ1) is 15.3. The normalized spacial score (nSPS) is 26.6. The highest BCUT2D eigenvalue weighted by Crippen LogP contribution is 2.43. The molecular formula is C23H25N7OS. The van der Waals surface area contributed by atoms with E-state index < -0.39 is 0 Å². The molecule has 3 atom stereocenters. The molecule has 2 aromatic heterocycles. The average Bonchev–Trinajstić information content (AvgIpc) is 3.34. The van der Waals surface area contributed by atoms with Crippen molar-refractivity contribution >= 4 is 17.2 Å². The summed E-state index contributed by atoms with van der Waals surface area (Å²) in [6, 6.07) is 7.66. The Hall–Kier alpha value is -3.09. The molecule has 0 radical (unpaired) electrons. The van der Waals surface area contributed by atoms with E-state index >= 15 is 0 Å². The van der Waals surface area contributed by atoms with Gasteiger partial charge in [-0.3, -0.25) is 0 Å². The van der Waals surface area contributed by atoms with Gasteiger partial charge in [-0.25, -0.2) is 9.97 Å². The van der Waals surface area contributed by atoms with Crippen LogP contribution in [0.25, 0.3) is 22.0 Å². The quantitative estimate of drug-likeness (QED) is 0.622. The summed E-state index contributed by atoms with van der Waals surface area (Å²) in [4.78, 5) is 11.4. The van der Waals surface area contributed by atoms with Crippen molar-refractivity contribution < 1.29 is 5.11 Å². The summed E-state index contributed by atoms with van der Waals surface area (Å²) in [6.45, 7) is 4.62. The minimum atomic E-state index is 0.0508. The van der Waals surface area contributed by atoms with Gasteiger partial charge in [0.2, 0.25) is 0 Å². The summed E-state index contributed by atoms with van der Waals surface area (Å²) in [7, 11) is 2.06. The molecule has 0 amide bonds. The number of benzene rings is 1. The lowest BCUT2D eigenvalue weighted by atomic mass is 9.84. The molecule has 0 aliphatic carbocycles. The molecule has 8 nitrogen and oxygen atoms in total. The fraction of sp³-hybridized carbons (Fsp3) is 0.435. The van der Waals surface area contributed by atoms with E-state index in [1.165, 1.54) is 30.4 Å². The van der Waals surface area contributed by atoms with Gasteiger partial charge < -0.3 is 15.3 Å². The van der Waals surface area contributed by atoms with Crippen molar-refractivity contribution in [1.29, 1.82) is 5.26 Å². The van der Waals surface area contributed by atoms with E-state index in [-0.39, 0.29) is 16.8 Å². The van der Waals surface area contributed by atoms with E-state index in [1.807, 2.05) is 6.07 Å². The number of aromatic hydroxyl groups is 1. The van der Waals surface area contributed by atoms with Crippen LogP contribution in [0.1, 0.15) is 44.4 Å². The highest BCUT2D eigenvalue weighted by atomic mass is 32.1. The number of nitrogens with zero attached hydrogens (tertiary/aromatic N) is 6. The molecule has 4 heterocycles. The van der Waals surface area contributed by atoms with Gasteiger partial charge in [0.15, 0.2) is 11.6 Å². The number of rotatable bonds is 4. The summed E-state index contributed by atoms with van der Waals surface area (Å²) < 4.78 is 0. The molecular weight excluding hydrogens is 422 g/mol. The molecule has 164 valence electrons. The average molecular weight is 448 g/mol. The maximum absolute atomic E-state index is 10.6. The molecule has 3 aromatic rings. The van der Waals surface area contributed by atoms with Crippen LogP contribution in [0.15, 0.2) is 30.6 Å². The monoisotopic (exact) mass is 447 g/mol. The van der Waals surface area contributed by atoms with Crippen LogP contribution in [0.3, 0.4) is 0 Å². The predicted molar refractivity (Wildman–Crippen MR) is 123 cm³/mol. The molecule has 2 fully saturated rings. The van der Waals surface area contributed by atoms with Crippen LogP contribution in [-0.2, 0) is 0 Å². The van der Waals surface area contributed by atoms with Crippen molar-refractivity contribution in [1.82, 2.24) is 25.5 Å². The van der Waals surface area contributed by atoms with Gasteiger partial charge >= 0.3 is 0 Å². The van der Waals surface area contributed by atoms with Crippen molar-refractivity contribution in [2.24, 2.45) is 0 Å². The van der Waals surface area contributed by atoms with Crippen LogP contribution in [0.5, 0.6) is 5.75 Å². The largest absolute Gasteiger partial charge is 0.507 e. The van der Waals surface area contributed by atoms with Crippen LogP contribution >= 0.6 is 11.3 Å². The van der Waals surface area contributed by atoms with E-state index in [0.29, 0.717) is 27.3 Å². The van der Waals surface area contributed by atoms with Gasteiger partial charge in [0.25, 0.3) is 0 Å². The number of thiazole rings is 1. The summed E-state index contributed by atoms with van der Waals surface area (Å²) in [5, 5.41) is 32.8. The zero-order valence-electron chi connectivity index (χ0n) is 18.3. The van der Waals surface area contributed by atoms with Crippen LogP contribution < -0.4 is 10.2 Å². The van der Waals surface area contributed by atoms with Gasteiger partial charge in [0, 0.05) is 29.7 Å². The number of phenolic OH excluding ortho intramolecular Hbond substituents is 1. The first-order valence-electron chi connectivity index (χ1n) is 10.7. The first-order valence-corrected chi connectivity index (χ1v) is 11.5. The van der Waals surface area contributed by atoms with Gasteiger partial charge in [-0.05, 0) is 51.7 Å². The fourth-order valence-electron chi connectivity index (χ4n) is 5.15. The van der Waals surface area contributed by atoms with Gasteiger partial charge in [-0.1, -0.05) is 6.07 Å². The van der Waals surface area contributed by atoms with Crippen LogP contribution in [-0.4, -0.2) is 49.4 Å². The number of anilines is 1. The lowest BCUT2D eigenvalue weighted by Crippen LogP contribution is -2.58. The number of aromatic nitrogens is 4. The van der Waals surface area contributed by atoms with E-state index in [0.717, 1.165) is 24.2 Å². The zero-order chi connectivity index (χ0) is 22.5. The molecule has 1 unspecified atom stereocenters. The zero-order valence-corrected chi connectivity index (χ0v) is 19.1. The maximum atomic E-state index is 10.6. The van der Waals surface area contributed by atoms with Gasteiger partial charge in [-0.15, -0.1) is 21.5 Å². The Bertz CT molecular complexity index is 1190. The minimum Gasteiger partial charge on any atom is -0.507 e. The van der Waals surface area contributed by atoms with E-state index in [2.05, 4.69) is 57.3 Å². The Morgan fingerprint density at radius 2 is 1.91 bits per heavy atom. The van der Waals surface area contributed by atoms with Crippen molar-refractivity contribution in [3.63, 3.8) is 0 Å². The molecule has 9 heteroatoms. The SMILES string of the molecule is CN(c1cnc(-c2ccc(-c3ncc(C#N)s3)cc2O)nn1)C1C[C@]2(C)CC[C@](C)(C1)N2. The Morgan fingerprint density at radius 1 is 1.16 bits per heavy atom. The van der Waals surface area contributed by atoms with Crippen LogP contribution in [0, 0.1) is 11.3 Å². The maximum Gasteiger partial charge on any atom is 0.185 e. The molecule has 32 heavy (non-hydrogen) atoms. The molecule has 2 saturated heterocycles. The Labute approximate surface area is 191 Å². The van der Waals surface area contributed by atoms with Gasteiger partial charge in [0.05, 0.1) is 18.0 Å². The van der Waals surface area contributed by atoms with E-state index in [1.54, 1.807) is 18.3 Å². The van der Waals surface area contributed by atoms with Gasteiger partial charge in [-0.2, -0.15) is 5.26 Å². The molecule has 0 spiro atoms. The summed E-state index contributed by atoms with van der Waals surface area (Å²) in [5.41, 5.74) is 1.59. The Balaban J connectivity index is 1.35. The molecule has 0 saturated carbocycles. The highest BCUT2D eigenvalue weighted by Gasteiger charge is 2.49. The topological polar surface area (TPSA) is 111 Å².